The monoisotopic (exact) mass is 251 g/mol. The molecule has 3 nitrogen and oxygen atoms in total. The molecule has 0 bridgehead atoms. The highest BCUT2D eigenvalue weighted by atomic mass is 32.1. The van der Waals surface area contributed by atoms with E-state index in [-0.39, 0.29) is 5.82 Å². The number of nitrogens with zero attached hydrogens (tertiary/aromatic N) is 2. The molecular formula is C12H14FN3S. The molecule has 1 aromatic heterocycles. The highest BCUT2D eigenvalue weighted by Crippen LogP contribution is 2.17. The summed E-state index contributed by atoms with van der Waals surface area (Å²) in [5.74, 6) is -0.191. The SMILES string of the molecule is CCc1nnc(NCc2cc(C)ccc2F)s1. The summed E-state index contributed by atoms with van der Waals surface area (Å²) in [6.07, 6.45) is 0.873. The van der Waals surface area contributed by atoms with Crippen molar-refractivity contribution in [3.05, 3.63) is 40.2 Å². The average molecular weight is 251 g/mol. The maximum absolute atomic E-state index is 13.5. The highest BCUT2D eigenvalue weighted by Gasteiger charge is 2.05. The lowest BCUT2D eigenvalue weighted by Crippen LogP contribution is -2.01. The van der Waals surface area contributed by atoms with Crippen molar-refractivity contribution >= 4 is 16.5 Å². The van der Waals surface area contributed by atoms with Crippen LogP contribution in [0.1, 0.15) is 23.1 Å². The third kappa shape index (κ3) is 3.00. The molecule has 0 unspecified atom stereocenters. The number of hydrogen-bond donors (Lipinski definition) is 1. The highest BCUT2D eigenvalue weighted by molar-refractivity contribution is 7.15. The zero-order valence-corrected chi connectivity index (χ0v) is 10.6. The van der Waals surface area contributed by atoms with Crippen LogP contribution in [0.2, 0.25) is 0 Å². The van der Waals surface area contributed by atoms with Crippen LogP contribution in [0.4, 0.5) is 9.52 Å². The smallest absolute Gasteiger partial charge is 0.205 e. The molecular weight excluding hydrogens is 237 g/mol. The van der Waals surface area contributed by atoms with Gasteiger partial charge >= 0.3 is 0 Å². The minimum Gasteiger partial charge on any atom is -0.356 e. The molecule has 0 aliphatic rings. The number of benzene rings is 1. The van der Waals surface area contributed by atoms with Gasteiger partial charge in [-0.05, 0) is 19.4 Å². The molecule has 90 valence electrons. The summed E-state index contributed by atoms with van der Waals surface area (Å²) in [5.41, 5.74) is 1.70. The Labute approximate surface area is 104 Å². The fourth-order valence-corrected chi connectivity index (χ4v) is 2.15. The minimum atomic E-state index is -0.191. The number of rotatable bonds is 4. The Morgan fingerprint density at radius 3 is 2.88 bits per heavy atom. The van der Waals surface area contributed by atoms with E-state index in [2.05, 4.69) is 15.5 Å². The molecule has 0 atom stereocenters. The van der Waals surface area contributed by atoms with Gasteiger partial charge in [-0.1, -0.05) is 36.0 Å². The van der Waals surface area contributed by atoms with Crippen molar-refractivity contribution in [3.8, 4) is 0 Å². The minimum absolute atomic E-state index is 0.191. The van der Waals surface area contributed by atoms with Crippen LogP contribution < -0.4 is 5.32 Å². The van der Waals surface area contributed by atoms with Gasteiger partial charge in [0.25, 0.3) is 0 Å². The van der Waals surface area contributed by atoms with E-state index in [1.54, 1.807) is 6.07 Å². The van der Waals surface area contributed by atoms with E-state index in [0.29, 0.717) is 12.1 Å². The predicted octanol–water partition coefficient (Wildman–Crippen LogP) is 3.16. The molecule has 17 heavy (non-hydrogen) atoms. The van der Waals surface area contributed by atoms with Gasteiger partial charge in [-0.3, -0.25) is 0 Å². The van der Waals surface area contributed by atoms with Crippen LogP contribution in [0.3, 0.4) is 0 Å². The summed E-state index contributed by atoms with van der Waals surface area (Å²) in [7, 11) is 0. The van der Waals surface area contributed by atoms with Crippen molar-refractivity contribution in [1.29, 1.82) is 0 Å². The predicted molar refractivity (Wildman–Crippen MR) is 67.8 cm³/mol. The largest absolute Gasteiger partial charge is 0.356 e. The second-order valence-corrected chi connectivity index (χ2v) is 4.86. The van der Waals surface area contributed by atoms with E-state index >= 15 is 0 Å². The first-order valence-electron chi connectivity index (χ1n) is 5.50. The van der Waals surface area contributed by atoms with Gasteiger partial charge in [0.2, 0.25) is 5.13 Å². The second-order valence-electron chi connectivity index (χ2n) is 3.80. The zero-order valence-electron chi connectivity index (χ0n) is 9.83. The van der Waals surface area contributed by atoms with Gasteiger partial charge < -0.3 is 5.32 Å². The van der Waals surface area contributed by atoms with Crippen molar-refractivity contribution in [2.45, 2.75) is 26.8 Å². The van der Waals surface area contributed by atoms with E-state index < -0.39 is 0 Å². The fraction of sp³-hybridized carbons (Fsp3) is 0.333. The lowest BCUT2D eigenvalue weighted by molar-refractivity contribution is 0.612. The van der Waals surface area contributed by atoms with Gasteiger partial charge in [0.15, 0.2) is 0 Å². The van der Waals surface area contributed by atoms with Crippen LogP contribution in [0.25, 0.3) is 0 Å². The quantitative estimate of drug-likeness (QED) is 0.907. The van der Waals surface area contributed by atoms with Crippen LogP contribution >= 0.6 is 11.3 Å². The number of hydrogen-bond acceptors (Lipinski definition) is 4. The van der Waals surface area contributed by atoms with E-state index in [1.165, 1.54) is 17.4 Å². The first-order valence-corrected chi connectivity index (χ1v) is 6.32. The molecule has 0 radical (unpaired) electrons. The Balaban J connectivity index is 2.04. The van der Waals surface area contributed by atoms with Gasteiger partial charge in [0.1, 0.15) is 10.8 Å². The summed E-state index contributed by atoms with van der Waals surface area (Å²) in [5, 5.41) is 12.8. The van der Waals surface area contributed by atoms with Crippen LogP contribution in [-0.2, 0) is 13.0 Å². The molecule has 0 amide bonds. The molecule has 2 rings (SSSR count). The third-order valence-electron chi connectivity index (χ3n) is 2.40. The topological polar surface area (TPSA) is 37.8 Å². The van der Waals surface area contributed by atoms with E-state index in [0.717, 1.165) is 22.1 Å². The molecule has 0 spiro atoms. The molecule has 1 aromatic carbocycles. The van der Waals surface area contributed by atoms with Crippen LogP contribution in [0.15, 0.2) is 18.2 Å². The Hall–Kier alpha value is -1.49. The maximum Gasteiger partial charge on any atom is 0.205 e. The van der Waals surface area contributed by atoms with E-state index in [1.807, 2.05) is 19.9 Å². The third-order valence-corrected chi connectivity index (χ3v) is 3.43. The average Bonchev–Trinajstić information content (AvgIpc) is 2.78. The van der Waals surface area contributed by atoms with Crippen molar-refractivity contribution < 1.29 is 4.39 Å². The molecule has 0 saturated heterocycles. The van der Waals surface area contributed by atoms with Crippen molar-refractivity contribution in [2.75, 3.05) is 5.32 Å². The van der Waals surface area contributed by atoms with Crippen molar-refractivity contribution in [2.24, 2.45) is 0 Å². The molecule has 1 N–H and O–H groups in total. The van der Waals surface area contributed by atoms with Crippen LogP contribution in [-0.4, -0.2) is 10.2 Å². The first kappa shape index (κ1) is 12.0. The van der Waals surface area contributed by atoms with Gasteiger partial charge in [-0.2, -0.15) is 0 Å². The van der Waals surface area contributed by atoms with Crippen molar-refractivity contribution in [1.82, 2.24) is 10.2 Å². The maximum atomic E-state index is 13.5. The summed E-state index contributed by atoms with van der Waals surface area (Å²) >= 11 is 1.51. The Bertz CT molecular complexity index is 510. The Morgan fingerprint density at radius 1 is 1.35 bits per heavy atom. The van der Waals surface area contributed by atoms with Crippen LogP contribution in [0, 0.1) is 12.7 Å². The lowest BCUT2D eigenvalue weighted by Gasteiger charge is -2.04. The van der Waals surface area contributed by atoms with Crippen LogP contribution in [0.5, 0.6) is 0 Å². The summed E-state index contributed by atoms with van der Waals surface area (Å²) < 4.78 is 13.5. The van der Waals surface area contributed by atoms with Gasteiger partial charge in [-0.15, -0.1) is 10.2 Å². The number of aromatic nitrogens is 2. The Kier molecular flexibility index (Phi) is 3.68. The summed E-state index contributed by atoms with van der Waals surface area (Å²) in [4.78, 5) is 0. The van der Waals surface area contributed by atoms with Gasteiger partial charge in [0, 0.05) is 12.1 Å². The molecule has 0 aliphatic heterocycles. The summed E-state index contributed by atoms with van der Waals surface area (Å²) in [6, 6.07) is 5.09. The molecule has 0 saturated carbocycles. The molecule has 5 heteroatoms. The summed E-state index contributed by atoms with van der Waals surface area (Å²) in [6.45, 7) is 4.42. The number of halogens is 1. The van der Waals surface area contributed by atoms with E-state index in [9.17, 15) is 4.39 Å². The standard InChI is InChI=1S/C12H14FN3S/c1-3-11-15-16-12(17-11)14-7-9-6-8(2)4-5-10(9)13/h4-6H,3,7H2,1-2H3,(H,14,16). The fourth-order valence-electron chi connectivity index (χ4n) is 1.48. The molecule has 1 heterocycles. The number of nitrogens with one attached hydrogen (secondary N) is 1. The molecule has 2 aromatic rings. The Morgan fingerprint density at radius 2 is 2.18 bits per heavy atom. The van der Waals surface area contributed by atoms with Crippen molar-refractivity contribution in [3.63, 3.8) is 0 Å². The second kappa shape index (κ2) is 5.23. The molecule has 0 fully saturated rings. The van der Waals surface area contributed by atoms with E-state index in [4.69, 9.17) is 0 Å². The first-order chi connectivity index (χ1) is 8.19. The van der Waals surface area contributed by atoms with Gasteiger partial charge in [-0.25, -0.2) is 4.39 Å². The molecule has 0 aliphatic carbocycles. The lowest BCUT2D eigenvalue weighted by atomic mass is 10.1. The van der Waals surface area contributed by atoms with Gasteiger partial charge in [0.05, 0.1) is 0 Å². The zero-order chi connectivity index (χ0) is 12.3. The number of anilines is 1. The number of aryl methyl sites for hydroxylation is 2. The normalized spacial score (nSPS) is 10.5.